The summed E-state index contributed by atoms with van der Waals surface area (Å²) in [6, 6.07) is 6.50. The molecule has 0 aromatic heterocycles. The first-order chi connectivity index (χ1) is 9.05. The number of carbonyl (C=O) groups is 2. The molecule has 4 N–H and O–H groups in total. The van der Waals surface area contributed by atoms with Gasteiger partial charge in [-0.15, -0.1) is 0 Å². The summed E-state index contributed by atoms with van der Waals surface area (Å²) in [5, 5.41) is 10.6. The molecule has 0 aliphatic carbocycles. The van der Waals surface area contributed by atoms with E-state index in [2.05, 4.69) is 21.3 Å². The molecular formula is C13H20N4O2. The Bertz CT molecular complexity index is 431. The van der Waals surface area contributed by atoms with Crippen LogP contribution in [-0.4, -0.2) is 25.2 Å². The number of carbonyl (C=O) groups excluding carboxylic acids is 2. The Morgan fingerprint density at radius 1 is 1.05 bits per heavy atom. The van der Waals surface area contributed by atoms with Crippen molar-refractivity contribution in [2.24, 2.45) is 0 Å². The molecule has 1 aromatic rings. The Morgan fingerprint density at radius 2 is 1.53 bits per heavy atom. The van der Waals surface area contributed by atoms with E-state index in [1.54, 1.807) is 31.3 Å². The zero-order valence-corrected chi connectivity index (χ0v) is 11.4. The maximum absolute atomic E-state index is 11.6. The molecule has 4 amide bonds. The molecule has 6 nitrogen and oxygen atoms in total. The van der Waals surface area contributed by atoms with Gasteiger partial charge in [-0.05, 0) is 37.6 Å². The topological polar surface area (TPSA) is 82.3 Å². The van der Waals surface area contributed by atoms with Crippen LogP contribution in [0.4, 0.5) is 21.0 Å². The highest BCUT2D eigenvalue weighted by Gasteiger charge is 2.05. The zero-order valence-electron chi connectivity index (χ0n) is 11.4. The Morgan fingerprint density at radius 3 is 1.95 bits per heavy atom. The fraction of sp³-hybridized carbons (Fsp3) is 0.385. The largest absolute Gasteiger partial charge is 0.341 e. The predicted octanol–water partition coefficient (Wildman–Crippen LogP) is 2.36. The minimum Gasteiger partial charge on any atom is -0.341 e. The van der Waals surface area contributed by atoms with Gasteiger partial charge in [0.25, 0.3) is 0 Å². The van der Waals surface area contributed by atoms with Crippen molar-refractivity contribution in [3.05, 3.63) is 24.3 Å². The van der Waals surface area contributed by atoms with Gasteiger partial charge in [0.1, 0.15) is 0 Å². The van der Waals surface area contributed by atoms with Gasteiger partial charge >= 0.3 is 12.1 Å². The summed E-state index contributed by atoms with van der Waals surface area (Å²) in [4.78, 5) is 22.7. The lowest BCUT2D eigenvalue weighted by Gasteiger charge is -2.12. The number of urea groups is 2. The molecule has 1 aromatic carbocycles. The molecule has 0 spiro atoms. The molecule has 0 radical (unpaired) electrons. The minimum atomic E-state index is -0.282. The molecule has 0 bridgehead atoms. The quantitative estimate of drug-likeness (QED) is 0.673. The Hall–Kier alpha value is -2.24. The van der Waals surface area contributed by atoms with Gasteiger partial charge in [0.15, 0.2) is 0 Å². The number of rotatable bonds is 4. The van der Waals surface area contributed by atoms with E-state index in [1.807, 2.05) is 13.8 Å². The van der Waals surface area contributed by atoms with Crippen LogP contribution in [0.15, 0.2) is 24.3 Å². The second-order valence-electron chi connectivity index (χ2n) is 4.19. The first kappa shape index (κ1) is 14.8. The average Bonchev–Trinajstić information content (AvgIpc) is 2.40. The molecule has 1 rings (SSSR count). The number of nitrogens with one attached hydrogen (secondary N) is 4. The van der Waals surface area contributed by atoms with Crippen LogP contribution < -0.4 is 21.3 Å². The molecule has 0 aliphatic heterocycles. The third-order valence-electron chi connectivity index (χ3n) is 2.62. The summed E-state index contributed by atoms with van der Waals surface area (Å²) in [5.74, 6) is 0. The Labute approximate surface area is 113 Å². The lowest BCUT2D eigenvalue weighted by atomic mass is 10.2. The van der Waals surface area contributed by atoms with Crippen LogP contribution in [0.1, 0.15) is 20.3 Å². The van der Waals surface area contributed by atoms with Gasteiger partial charge in [0.05, 0.1) is 0 Å². The Balaban J connectivity index is 2.52. The van der Waals surface area contributed by atoms with Crippen LogP contribution in [0, 0.1) is 0 Å². The van der Waals surface area contributed by atoms with Gasteiger partial charge in [-0.3, -0.25) is 0 Å². The van der Waals surface area contributed by atoms with Crippen LogP contribution in [0.5, 0.6) is 0 Å². The van der Waals surface area contributed by atoms with E-state index in [0.29, 0.717) is 11.4 Å². The van der Waals surface area contributed by atoms with Gasteiger partial charge < -0.3 is 21.3 Å². The maximum atomic E-state index is 11.6. The highest BCUT2D eigenvalue weighted by Crippen LogP contribution is 2.13. The SMILES string of the molecule is CCC(C)NC(=O)Nc1ccc(NC(=O)NC)cc1. The van der Waals surface area contributed by atoms with Crippen molar-refractivity contribution in [2.45, 2.75) is 26.3 Å². The summed E-state index contributed by atoms with van der Waals surface area (Å²) in [5.41, 5.74) is 1.33. The molecule has 19 heavy (non-hydrogen) atoms. The predicted molar refractivity (Wildman–Crippen MR) is 76.4 cm³/mol. The molecule has 104 valence electrons. The number of amides is 4. The highest BCUT2D eigenvalue weighted by molar-refractivity contribution is 5.91. The first-order valence-corrected chi connectivity index (χ1v) is 6.21. The van der Waals surface area contributed by atoms with Crippen molar-refractivity contribution in [2.75, 3.05) is 17.7 Å². The van der Waals surface area contributed by atoms with E-state index < -0.39 is 0 Å². The van der Waals surface area contributed by atoms with E-state index in [9.17, 15) is 9.59 Å². The van der Waals surface area contributed by atoms with Gasteiger partial charge in [-0.25, -0.2) is 9.59 Å². The summed E-state index contributed by atoms with van der Waals surface area (Å²) >= 11 is 0. The van der Waals surface area contributed by atoms with E-state index >= 15 is 0 Å². The molecule has 0 aliphatic rings. The van der Waals surface area contributed by atoms with E-state index in [4.69, 9.17) is 0 Å². The van der Waals surface area contributed by atoms with Crippen molar-refractivity contribution in [3.8, 4) is 0 Å². The molecule has 6 heteroatoms. The standard InChI is InChI=1S/C13H20N4O2/c1-4-9(2)15-13(19)17-11-7-5-10(6-8-11)16-12(18)14-3/h5-9H,4H2,1-3H3,(H2,14,16,18)(H2,15,17,19). The average molecular weight is 264 g/mol. The molecule has 0 fully saturated rings. The Kier molecular flexibility index (Phi) is 5.66. The molecule has 1 atom stereocenters. The van der Waals surface area contributed by atoms with Gasteiger partial charge in [-0.2, -0.15) is 0 Å². The van der Waals surface area contributed by atoms with Crippen LogP contribution >= 0.6 is 0 Å². The number of hydrogen-bond donors (Lipinski definition) is 4. The normalized spacial score (nSPS) is 11.3. The summed E-state index contributed by atoms with van der Waals surface area (Å²) in [6.45, 7) is 3.94. The summed E-state index contributed by atoms with van der Waals surface area (Å²) < 4.78 is 0. The minimum absolute atomic E-state index is 0.134. The van der Waals surface area contributed by atoms with Gasteiger partial charge in [-0.1, -0.05) is 6.92 Å². The zero-order chi connectivity index (χ0) is 14.3. The number of benzene rings is 1. The van der Waals surface area contributed by atoms with E-state index in [1.165, 1.54) is 0 Å². The van der Waals surface area contributed by atoms with Crippen molar-refractivity contribution in [3.63, 3.8) is 0 Å². The lowest BCUT2D eigenvalue weighted by Crippen LogP contribution is -2.35. The van der Waals surface area contributed by atoms with E-state index in [-0.39, 0.29) is 18.1 Å². The summed E-state index contributed by atoms with van der Waals surface area (Å²) in [7, 11) is 1.55. The first-order valence-electron chi connectivity index (χ1n) is 6.21. The number of anilines is 2. The van der Waals surface area contributed by atoms with Crippen LogP contribution in [0.3, 0.4) is 0 Å². The monoisotopic (exact) mass is 264 g/mol. The van der Waals surface area contributed by atoms with Crippen molar-refractivity contribution < 1.29 is 9.59 Å². The van der Waals surface area contributed by atoms with Crippen molar-refractivity contribution in [1.82, 2.24) is 10.6 Å². The van der Waals surface area contributed by atoms with Gasteiger partial charge in [0, 0.05) is 24.5 Å². The fourth-order valence-electron chi connectivity index (χ4n) is 1.32. The third-order valence-corrected chi connectivity index (χ3v) is 2.62. The molecule has 1 unspecified atom stereocenters. The third kappa shape index (κ3) is 5.29. The van der Waals surface area contributed by atoms with Crippen molar-refractivity contribution >= 4 is 23.4 Å². The van der Waals surface area contributed by atoms with Gasteiger partial charge in [0.2, 0.25) is 0 Å². The maximum Gasteiger partial charge on any atom is 0.319 e. The molecule has 0 saturated heterocycles. The van der Waals surface area contributed by atoms with Crippen LogP contribution in [0.25, 0.3) is 0 Å². The fourth-order valence-corrected chi connectivity index (χ4v) is 1.32. The van der Waals surface area contributed by atoms with Crippen molar-refractivity contribution in [1.29, 1.82) is 0 Å². The molecule has 0 heterocycles. The molecule has 0 saturated carbocycles. The lowest BCUT2D eigenvalue weighted by molar-refractivity contribution is 0.249. The summed E-state index contributed by atoms with van der Waals surface area (Å²) in [6.07, 6.45) is 0.877. The number of hydrogen-bond acceptors (Lipinski definition) is 2. The molecular weight excluding hydrogens is 244 g/mol. The smallest absolute Gasteiger partial charge is 0.319 e. The highest BCUT2D eigenvalue weighted by atomic mass is 16.2. The van der Waals surface area contributed by atoms with Crippen LogP contribution in [-0.2, 0) is 0 Å². The van der Waals surface area contributed by atoms with E-state index in [0.717, 1.165) is 6.42 Å². The second-order valence-corrected chi connectivity index (χ2v) is 4.19. The second kappa shape index (κ2) is 7.25. The van der Waals surface area contributed by atoms with Crippen LogP contribution in [0.2, 0.25) is 0 Å².